The molecule has 0 saturated carbocycles. The van der Waals surface area contributed by atoms with Crippen LogP contribution in [0.1, 0.15) is 16.8 Å². The van der Waals surface area contributed by atoms with E-state index < -0.39 is 6.61 Å². The van der Waals surface area contributed by atoms with E-state index in [1.807, 2.05) is 36.4 Å². The Morgan fingerprint density at radius 1 is 0.973 bits per heavy atom. The normalized spacial score (nSPS) is 12.1. The van der Waals surface area contributed by atoms with Gasteiger partial charge in [-0.05, 0) is 55.3 Å². The number of ether oxygens (including phenoxy) is 1. The maximum absolute atomic E-state index is 12.3. The number of thiazole rings is 1. The van der Waals surface area contributed by atoms with Gasteiger partial charge in [0.2, 0.25) is 4.80 Å². The Labute approximate surface area is 215 Å². The summed E-state index contributed by atoms with van der Waals surface area (Å²) in [6, 6.07) is 22.0. The predicted molar refractivity (Wildman–Crippen MR) is 140 cm³/mol. The molecule has 0 N–H and O–H groups in total. The first-order valence-corrected chi connectivity index (χ1v) is 12.2. The second kappa shape index (κ2) is 10.7. The fourth-order valence-electron chi connectivity index (χ4n) is 3.73. The van der Waals surface area contributed by atoms with E-state index in [2.05, 4.69) is 60.9 Å². The van der Waals surface area contributed by atoms with E-state index in [0.717, 1.165) is 27.3 Å². The number of para-hydroxylation sites is 1. The zero-order chi connectivity index (χ0) is 25.8. The number of hydrogen-bond acceptors (Lipinski definition) is 6. The number of aryl methyl sites for hydroxylation is 2. The van der Waals surface area contributed by atoms with Crippen LogP contribution in [0.15, 0.2) is 94.7 Å². The molecule has 0 aliphatic rings. The molecule has 5 rings (SSSR count). The van der Waals surface area contributed by atoms with Crippen LogP contribution in [0.3, 0.4) is 0 Å². The summed E-state index contributed by atoms with van der Waals surface area (Å²) >= 11 is 1.54. The molecule has 2 aromatic heterocycles. The fourth-order valence-corrected chi connectivity index (χ4v) is 4.56. The van der Waals surface area contributed by atoms with E-state index in [9.17, 15) is 8.78 Å². The topological polar surface area (TPSA) is 69.6 Å². The van der Waals surface area contributed by atoms with Gasteiger partial charge in [0, 0.05) is 16.6 Å². The minimum atomic E-state index is -2.86. The van der Waals surface area contributed by atoms with Crippen LogP contribution in [0.4, 0.5) is 8.78 Å². The minimum Gasteiger partial charge on any atom is -0.435 e. The number of nitrogens with zero attached hydrogens (tertiary/aromatic N) is 6. The maximum Gasteiger partial charge on any atom is 0.387 e. The van der Waals surface area contributed by atoms with E-state index in [1.165, 1.54) is 17.7 Å². The molecule has 2 heterocycles. The lowest BCUT2D eigenvalue weighted by atomic mass is 10.1. The Hall–Kier alpha value is -4.44. The second-order valence-electron chi connectivity index (χ2n) is 8.13. The highest BCUT2D eigenvalue weighted by Crippen LogP contribution is 2.20. The van der Waals surface area contributed by atoms with E-state index in [0.29, 0.717) is 11.5 Å². The lowest BCUT2D eigenvalue weighted by Gasteiger charge is -2.08. The molecular formula is C27H22F2N6OS. The first-order chi connectivity index (χ1) is 18.0. The summed E-state index contributed by atoms with van der Waals surface area (Å²) in [5.41, 5.74) is 5.75. The molecule has 0 aliphatic carbocycles. The summed E-state index contributed by atoms with van der Waals surface area (Å²) in [5.74, 6) is 0.622. The van der Waals surface area contributed by atoms with Crippen molar-refractivity contribution in [2.24, 2.45) is 10.2 Å². The third-order valence-corrected chi connectivity index (χ3v) is 6.51. The van der Waals surface area contributed by atoms with Crippen molar-refractivity contribution in [3.05, 3.63) is 106 Å². The molecule has 5 aromatic rings. The van der Waals surface area contributed by atoms with Gasteiger partial charge >= 0.3 is 6.61 Å². The molecule has 37 heavy (non-hydrogen) atoms. The van der Waals surface area contributed by atoms with Gasteiger partial charge in [0.05, 0.1) is 17.6 Å². The Bertz CT molecular complexity index is 1600. The van der Waals surface area contributed by atoms with Crippen molar-refractivity contribution in [1.29, 1.82) is 0 Å². The second-order valence-corrected chi connectivity index (χ2v) is 8.97. The van der Waals surface area contributed by atoms with Gasteiger partial charge in [0.15, 0.2) is 5.82 Å². The van der Waals surface area contributed by atoms with Gasteiger partial charge in [0.25, 0.3) is 0 Å². The van der Waals surface area contributed by atoms with Crippen molar-refractivity contribution in [3.63, 3.8) is 0 Å². The van der Waals surface area contributed by atoms with E-state index in [4.69, 9.17) is 0 Å². The summed E-state index contributed by atoms with van der Waals surface area (Å²) in [7, 11) is 0. The van der Waals surface area contributed by atoms with Crippen LogP contribution < -0.4 is 9.54 Å². The van der Waals surface area contributed by atoms with Crippen LogP contribution in [-0.2, 0) is 0 Å². The van der Waals surface area contributed by atoms with E-state index >= 15 is 0 Å². The Balaban J connectivity index is 1.31. The summed E-state index contributed by atoms with van der Waals surface area (Å²) in [6.07, 6.45) is 3.27. The number of rotatable bonds is 7. The van der Waals surface area contributed by atoms with Crippen molar-refractivity contribution in [2.45, 2.75) is 20.5 Å². The van der Waals surface area contributed by atoms with Gasteiger partial charge in [-0.15, -0.1) is 21.5 Å². The summed E-state index contributed by atoms with van der Waals surface area (Å²) in [6.45, 7) is 1.27. The number of halogens is 2. The maximum atomic E-state index is 12.3. The van der Waals surface area contributed by atoms with Crippen molar-refractivity contribution < 1.29 is 13.5 Å². The third-order valence-electron chi connectivity index (χ3n) is 5.57. The standard InChI is InChI=1S/C27H22F2N6OS/c1-18-5-3-4-6-24(18)35-19(2)16-37-27(35)32-31-15-20-7-9-21(10-8-20)25-30-17-34(33-25)22-11-13-23(14-12-22)36-26(28)29/h3-17,26H,1-2H3/b31-15+,32-27-. The fraction of sp³-hybridized carbons (Fsp3) is 0.111. The largest absolute Gasteiger partial charge is 0.435 e. The average molecular weight is 517 g/mol. The quantitative estimate of drug-likeness (QED) is 0.199. The minimum absolute atomic E-state index is 0.0855. The molecule has 0 radical (unpaired) electrons. The monoisotopic (exact) mass is 516 g/mol. The molecule has 0 atom stereocenters. The van der Waals surface area contributed by atoms with Crippen LogP contribution in [0.5, 0.6) is 5.75 Å². The molecule has 3 aromatic carbocycles. The van der Waals surface area contributed by atoms with Crippen molar-refractivity contribution in [1.82, 2.24) is 19.3 Å². The lowest BCUT2D eigenvalue weighted by molar-refractivity contribution is -0.0498. The van der Waals surface area contributed by atoms with Crippen molar-refractivity contribution in [3.8, 4) is 28.5 Å². The molecule has 10 heteroatoms. The van der Waals surface area contributed by atoms with Crippen molar-refractivity contribution in [2.75, 3.05) is 0 Å². The van der Waals surface area contributed by atoms with E-state index in [1.54, 1.807) is 40.7 Å². The third kappa shape index (κ3) is 5.54. The molecule has 0 aliphatic heterocycles. The molecule has 0 saturated heterocycles. The predicted octanol–water partition coefficient (Wildman–Crippen LogP) is 5.94. The van der Waals surface area contributed by atoms with Gasteiger partial charge in [0.1, 0.15) is 12.1 Å². The molecule has 0 fully saturated rings. The van der Waals surface area contributed by atoms with Gasteiger partial charge < -0.3 is 4.74 Å². The highest BCUT2D eigenvalue weighted by molar-refractivity contribution is 7.07. The van der Waals surface area contributed by atoms with E-state index in [-0.39, 0.29) is 5.75 Å². The van der Waals surface area contributed by atoms with Crippen LogP contribution >= 0.6 is 11.3 Å². The SMILES string of the molecule is Cc1ccccc1-n1c(C)cs/c1=N\N=C\c1ccc(-c2ncn(-c3ccc(OC(F)F)cc3)n2)cc1. The molecule has 0 spiro atoms. The first kappa shape index (κ1) is 24.3. The van der Waals surface area contributed by atoms with Crippen LogP contribution in [0.2, 0.25) is 0 Å². The number of benzene rings is 3. The van der Waals surface area contributed by atoms with Gasteiger partial charge in [-0.2, -0.15) is 13.9 Å². The highest BCUT2D eigenvalue weighted by Gasteiger charge is 2.08. The van der Waals surface area contributed by atoms with Crippen LogP contribution in [0, 0.1) is 13.8 Å². The zero-order valence-corrected chi connectivity index (χ0v) is 20.8. The Morgan fingerprint density at radius 2 is 1.73 bits per heavy atom. The zero-order valence-electron chi connectivity index (χ0n) is 20.0. The Kier molecular flexibility index (Phi) is 7.00. The first-order valence-electron chi connectivity index (χ1n) is 11.4. The van der Waals surface area contributed by atoms with Gasteiger partial charge in [-0.1, -0.05) is 42.5 Å². The molecule has 186 valence electrons. The summed E-state index contributed by atoms with van der Waals surface area (Å²) < 4.78 is 32.7. The van der Waals surface area contributed by atoms with Crippen LogP contribution in [0.25, 0.3) is 22.8 Å². The lowest BCUT2D eigenvalue weighted by Crippen LogP contribution is -2.14. The molecule has 0 bridgehead atoms. The average Bonchev–Trinajstić information content (AvgIpc) is 3.52. The molecule has 0 unspecified atom stereocenters. The number of alkyl halides is 2. The molecule has 7 nitrogen and oxygen atoms in total. The smallest absolute Gasteiger partial charge is 0.387 e. The number of aromatic nitrogens is 4. The molecular weight excluding hydrogens is 494 g/mol. The van der Waals surface area contributed by atoms with Gasteiger partial charge in [-0.25, -0.2) is 9.67 Å². The highest BCUT2D eigenvalue weighted by atomic mass is 32.1. The molecule has 0 amide bonds. The summed E-state index contributed by atoms with van der Waals surface area (Å²) in [4.78, 5) is 5.15. The summed E-state index contributed by atoms with van der Waals surface area (Å²) in [5, 5.41) is 15.3. The van der Waals surface area contributed by atoms with Gasteiger partial charge in [-0.3, -0.25) is 4.57 Å². The van der Waals surface area contributed by atoms with Crippen molar-refractivity contribution >= 4 is 17.6 Å². The van der Waals surface area contributed by atoms with Crippen LogP contribution in [-0.4, -0.2) is 32.2 Å². The number of hydrogen-bond donors (Lipinski definition) is 0. The Morgan fingerprint density at radius 3 is 2.46 bits per heavy atom.